The summed E-state index contributed by atoms with van der Waals surface area (Å²) in [7, 11) is 0. The number of amides is 1. The van der Waals surface area contributed by atoms with Crippen molar-refractivity contribution in [1.82, 2.24) is 0 Å². The summed E-state index contributed by atoms with van der Waals surface area (Å²) in [6, 6.07) is 3.90. The number of benzene rings is 1. The van der Waals surface area contributed by atoms with E-state index in [1.165, 1.54) is 5.56 Å². The monoisotopic (exact) mass is 218 g/mol. The Balaban J connectivity index is 2.45. The summed E-state index contributed by atoms with van der Waals surface area (Å²) in [6.07, 6.45) is 0.756. The van der Waals surface area contributed by atoms with Gasteiger partial charge in [-0.3, -0.25) is 4.79 Å². The van der Waals surface area contributed by atoms with E-state index in [0.29, 0.717) is 0 Å². The highest BCUT2D eigenvalue weighted by atomic mass is 16.2. The van der Waals surface area contributed by atoms with Crippen LogP contribution in [-0.4, -0.2) is 18.5 Å². The van der Waals surface area contributed by atoms with E-state index in [2.05, 4.69) is 19.1 Å². The molecular formula is C13H18N2O. The van der Waals surface area contributed by atoms with Crippen LogP contribution in [0.5, 0.6) is 0 Å². The summed E-state index contributed by atoms with van der Waals surface area (Å²) in [5.41, 5.74) is 10.3. The predicted octanol–water partition coefficient (Wildman–Crippen LogP) is 1.68. The lowest BCUT2D eigenvalue weighted by Crippen LogP contribution is -2.34. The molecule has 1 saturated heterocycles. The van der Waals surface area contributed by atoms with Crippen LogP contribution in [0.25, 0.3) is 0 Å². The van der Waals surface area contributed by atoms with E-state index in [1.807, 2.05) is 18.7 Å². The van der Waals surface area contributed by atoms with Gasteiger partial charge >= 0.3 is 0 Å². The second-order valence-electron chi connectivity index (χ2n) is 4.63. The Morgan fingerprint density at radius 2 is 1.81 bits per heavy atom. The Kier molecular flexibility index (Phi) is 2.72. The van der Waals surface area contributed by atoms with Gasteiger partial charge in [0.25, 0.3) is 0 Å². The third-order valence-corrected chi connectivity index (χ3v) is 3.15. The first-order valence-corrected chi connectivity index (χ1v) is 5.65. The maximum atomic E-state index is 11.9. The van der Waals surface area contributed by atoms with Crippen molar-refractivity contribution in [3.63, 3.8) is 0 Å². The molecule has 1 aromatic carbocycles. The van der Waals surface area contributed by atoms with Gasteiger partial charge in [-0.25, -0.2) is 0 Å². The van der Waals surface area contributed by atoms with E-state index in [0.717, 1.165) is 29.8 Å². The van der Waals surface area contributed by atoms with Crippen LogP contribution in [0.2, 0.25) is 0 Å². The highest BCUT2D eigenvalue weighted by Crippen LogP contribution is 2.29. The molecule has 2 rings (SSSR count). The normalized spacial score (nSPS) is 20.6. The Morgan fingerprint density at radius 1 is 1.25 bits per heavy atom. The molecule has 0 radical (unpaired) electrons. The Bertz CT molecular complexity index is 417. The van der Waals surface area contributed by atoms with Crippen molar-refractivity contribution in [2.75, 3.05) is 11.4 Å². The largest absolute Gasteiger partial charge is 0.320 e. The van der Waals surface area contributed by atoms with Gasteiger partial charge in [0.1, 0.15) is 0 Å². The number of rotatable bonds is 1. The van der Waals surface area contributed by atoms with Crippen molar-refractivity contribution < 1.29 is 4.79 Å². The predicted molar refractivity (Wildman–Crippen MR) is 65.6 cm³/mol. The van der Waals surface area contributed by atoms with Crippen LogP contribution in [-0.2, 0) is 4.79 Å². The molecule has 0 saturated carbocycles. The zero-order valence-corrected chi connectivity index (χ0v) is 10.1. The Morgan fingerprint density at radius 3 is 2.25 bits per heavy atom. The average Bonchev–Trinajstić information content (AvgIpc) is 2.48. The van der Waals surface area contributed by atoms with E-state index in [9.17, 15) is 4.79 Å². The molecule has 1 aromatic rings. The van der Waals surface area contributed by atoms with Crippen LogP contribution < -0.4 is 10.6 Å². The quantitative estimate of drug-likeness (QED) is 0.779. The maximum absolute atomic E-state index is 11.9. The Hall–Kier alpha value is -1.35. The summed E-state index contributed by atoms with van der Waals surface area (Å²) in [5.74, 6) is 0.0510. The fraction of sp³-hybridized carbons (Fsp3) is 0.462. The molecule has 0 aliphatic carbocycles. The van der Waals surface area contributed by atoms with Crippen LogP contribution in [0, 0.1) is 20.8 Å². The molecule has 1 aliphatic rings. The summed E-state index contributed by atoms with van der Waals surface area (Å²) in [5, 5.41) is 0. The van der Waals surface area contributed by atoms with Gasteiger partial charge < -0.3 is 10.6 Å². The van der Waals surface area contributed by atoms with Crippen molar-refractivity contribution in [3.8, 4) is 0 Å². The number of nitrogens with two attached hydrogens (primary N) is 1. The fourth-order valence-electron chi connectivity index (χ4n) is 2.52. The molecular weight excluding hydrogens is 200 g/mol. The SMILES string of the molecule is Cc1cc(C)c(N2CCC(N)C2=O)c(C)c1. The van der Waals surface area contributed by atoms with Gasteiger partial charge in [-0.2, -0.15) is 0 Å². The van der Waals surface area contributed by atoms with E-state index < -0.39 is 0 Å². The third-order valence-electron chi connectivity index (χ3n) is 3.15. The van der Waals surface area contributed by atoms with Gasteiger partial charge in [0.15, 0.2) is 0 Å². The fourth-order valence-corrected chi connectivity index (χ4v) is 2.52. The van der Waals surface area contributed by atoms with Crippen LogP contribution >= 0.6 is 0 Å². The molecule has 1 fully saturated rings. The first-order chi connectivity index (χ1) is 7.50. The Labute approximate surface area is 96.2 Å². The van der Waals surface area contributed by atoms with Crippen LogP contribution in [0.15, 0.2) is 12.1 Å². The molecule has 86 valence electrons. The lowest BCUT2D eigenvalue weighted by molar-refractivity contribution is -0.118. The number of hydrogen-bond acceptors (Lipinski definition) is 2. The van der Waals surface area contributed by atoms with E-state index in [4.69, 9.17) is 5.73 Å². The van der Waals surface area contributed by atoms with E-state index in [-0.39, 0.29) is 11.9 Å². The number of carbonyl (C=O) groups is 1. The van der Waals surface area contributed by atoms with Crippen molar-refractivity contribution >= 4 is 11.6 Å². The maximum Gasteiger partial charge on any atom is 0.243 e. The highest BCUT2D eigenvalue weighted by molar-refractivity contribution is 6.00. The summed E-state index contributed by atoms with van der Waals surface area (Å²) < 4.78 is 0. The van der Waals surface area contributed by atoms with Crippen LogP contribution in [0.3, 0.4) is 0 Å². The minimum atomic E-state index is -0.319. The molecule has 1 heterocycles. The van der Waals surface area contributed by atoms with Gasteiger partial charge in [-0.05, 0) is 38.3 Å². The van der Waals surface area contributed by atoms with Gasteiger partial charge in [0.2, 0.25) is 5.91 Å². The first-order valence-electron chi connectivity index (χ1n) is 5.65. The van der Waals surface area contributed by atoms with Gasteiger partial charge in [-0.15, -0.1) is 0 Å². The smallest absolute Gasteiger partial charge is 0.243 e. The van der Waals surface area contributed by atoms with Crippen LogP contribution in [0.1, 0.15) is 23.1 Å². The lowest BCUT2D eigenvalue weighted by atomic mass is 10.0. The number of aryl methyl sites for hydroxylation is 3. The van der Waals surface area contributed by atoms with E-state index in [1.54, 1.807) is 0 Å². The second-order valence-corrected chi connectivity index (χ2v) is 4.63. The minimum Gasteiger partial charge on any atom is -0.320 e. The first kappa shape index (κ1) is 11.1. The molecule has 0 aromatic heterocycles. The van der Waals surface area contributed by atoms with Gasteiger partial charge in [0, 0.05) is 12.2 Å². The van der Waals surface area contributed by atoms with Crippen molar-refractivity contribution in [2.45, 2.75) is 33.2 Å². The molecule has 1 amide bonds. The third kappa shape index (κ3) is 1.71. The molecule has 0 spiro atoms. The van der Waals surface area contributed by atoms with Gasteiger partial charge in [-0.1, -0.05) is 17.7 Å². The number of nitrogens with zero attached hydrogens (tertiary/aromatic N) is 1. The summed E-state index contributed by atoms with van der Waals surface area (Å²) >= 11 is 0. The molecule has 0 bridgehead atoms. The molecule has 2 N–H and O–H groups in total. The van der Waals surface area contributed by atoms with Crippen molar-refractivity contribution in [3.05, 3.63) is 28.8 Å². The molecule has 1 unspecified atom stereocenters. The molecule has 3 heteroatoms. The summed E-state index contributed by atoms with van der Waals surface area (Å²) in [4.78, 5) is 13.7. The second kappa shape index (κ2) is 3.91. The molecule has 3 nitrogen and oxygen atoms in total. The van der Waals surface area contributed by atoms with E-state index >= 15 is 0 Å². The van der Waals surface area contributed by atoms with Crippen LogP contribution in [0.4, 0.5) is 5.69 Å². The van der Waals surface area contributed by atoms with Crippen molar-refractivity contribution in [2.24, 2.45) is 5.73 Å². The minimum absolute atomic E-state index is 0.0510. The molecule has 1 atom stereocenters. The highest BCUT2D eigenvalue weighted by Gasteiger charge is 2.31. The summed E-state index contributed by atoms with van der Waals surface area (Å²) in [6.45, 7) is 6.91. The zero-order chi connectivity index (χ0) is 11.9. The zero-order valence-electron chi connectivity index (χ0n) is 10.1. The van der Waals surface area contributed by atoms with Gasteiger partial charge in [0.05, 0.1) is 6.04 Å². The molecule has 16 heavy (non-hydrogen) atoms. The number of carbonyl (C=O) groups excluding carboxylic acids is 1. The number of hydrogen-bond donors (Lipinski definition) is 1. The lowest BCUT2D eigenvalue weighted by Gasteiger charge is -2.21. The topological polar surface area (TPSA) is 46.3 Å². The number of anilines is 1. The molecule has 1 aliphatic heterocycles. The van der Waals surface area contributed by atoms with Crippen molar-refractivity contribution in [1.29, 1.82) is 0 Å². The standard InChI is InChI=1S/C13H18N2O/c1-8-6-9(2)12(10(3)7-8)15-5-4-11(14)13(15)16/h6-7,11H,4-5,14H2,1-3H3. The average molecular weight is 218 g/mol.